The van der Waals surface area contributed by atoms with Crippen molar-refractivity contribution in [3.8, 4) is 0 Å². The van der Waals surface area contributed by atoms with Gasteiger partial charge >= 0.3 is 6.09 Å². The molecule has 0 atom stereocenters. The smallest absolute Gasteiger partial charge is 0.411 e. The van der Waals surface area contributed by atoms with Crippen LogP contribution in [0, 0.1) is 0 Å². The van der Waals surface area contributed by atoms with Crippen molar-refractivity contribution in [2.24, 2.45) is 0 Å². The van der Waals surface area contributed by atoms with Gasteiger partial charge in [-0.15, -0.1) is 11.3 Å². The fourth-order valence-corrected chi connectivity index (χ4v) is 2.46. The Bertz CT molecular complexity index is 589. The number of carbonyl (C=O) groups is 1. The normalized spacial score (nSPS) is 10.1. The molecule has 2 N–H and O–H groups in total. The van der Waals surface area contributed by atoms with Crippen molar-refractivity contribution in [3.05, 3.63) is 39.8 Å². The summed E-state index contributed by atoms with van der Waals surface area (Å²) in [4.78, 5) is 16.3. The van der Waals surface area contributed by atoms with Crippen molar-refractivity contribution < 1.29 is 9.53 Å². The predicted octanol–water partition coefficient (Wildman–Crippen LogP) is 3.98. The second kappa shape index (κ2) is 7.12. The molecular formula is C13H14ClN3O2S. The number of thiazole rings is 1. The van der Waals surface area contributed by atoms with Crippen LogP contribution in [0.2, 0.25) is 4.47 Å². The van der Waals surface area contributed by atoms with E-state index in [-0.39, 0.29) is 0 Å². The molecule has 2 rings (SSSR count). The van der Waals surface area contributed by atoms with Crippen LogP contribution in [-0.2, 0) is 11.3 Å². The molecule has 0 saturated carbocycles. The number of halogens is 1. The lowest BCUT2D eigenvalue weighted by atomic mass is 10.2. The van der Waals surface area contributed by atoms with E-state index >= 15 is 0 Å². The summed E-state index contributed by atoms with van der Waals surface area (Å²) >= 11 is 7.20. The average Bonchev–Trinajstić information content (AvgIpc) is 2.83. The topological polar surface area (TPSA) is 63.2 Å². The van der Waals surface area contributed by atoms with E-state index in [1.165, 1.54) is 11.3 Å². The molecule has 0 bridgehead atoms. The van der Waals surface area contributed by atoms with Crippen molar-refractivity contribution >= 4 is 40.4 Å². The Morgan fingerprint density at radius 2 is 2.25 bits per heavy atom. The Morgan fingerprint density at radius 3 is 2.95 bits per heavy atom. The minimum atomic E-state index is -0.459. The van der Waals surface area contributed by atoms with Gasteiger partial charge in [0.1, 0.15) is 0 Å². The van der Waals surface area contributed by atoms with Crippen molar-refractivity contribution in [1.82, 2.24) is 4.98 Å². The molecule has 1 aromatic heterocycles. The highest BCUT2D eigenvalue weighted by atomic mass is 35.5. The maximum atomic E-state index is 11.3. The summed E-state index contributed by atoms with van der Waals surface area (Å²) in [5, 5.41) is 5.89. The lowest BCUT2D eigenvalue weighted by Gasteiger charge is -2.08. The lowest BCUT2D eigenvalue weighted by molar-refractivity contribution is 0.168. The summed E-state index contributed by atoms with van der Waals surface area (Å²) in [6.45, 7) is 2.74. The van der Waals surface area contributed by atoms with Gasteiger partial charge in [-0.2, -0.15) is 0 Å². The maximum Gasteiger partial charge on any atom is 0.411 e. The number of nitrogens with zero attached hydrogens (tertiary/aromatic N) is 1. The van der Waals surface area contributed by atoms with Gasteiger partial charge in [-0.25, -0.2) is 9.78 Å². The Labute approximate surface area is 125 Å². The van der Waals surface area contributed by atoms with Gasteiger partial charge in [0, 0.05) is 22.4 Å². The molecule has 106 valence electrons. The summed E-state index contributed by atoms with van der Waals surface area (Å²) in [5.74, 6) is 0. The monoisotopic (exact) mass is 311 g/mol. The Balaban J connectivity index is 1.93. The number of hydrogen-bond donors (Lipinski definition) is 2. The van der Waals surface area contributed by atoms with E-state index < -0.39 is 6.09 Å². The molecular weight excluding hydrogens is 298 g/mol. The molecule has 0 aliphatic heterocycles. The zero-order valence-corrected chi connectivity index (χ0v) is 12.4. The van der Waals surface area contributed by atoms with Crippen LogP contribution in [0.4, 0.5) is 16.2 Å². The van der Waals surface area contributed by atoms with Crippen molar-refractivity contribution in [1.29, 1.82) is 0 Å². The molecule has 7 heteroatoms. The zero-order chi connectivity index (χ0) is 14.4. The number of nitrogens with one attached hydrogen (secondary N) is 2. The van der Waals surface area contributed by atoms with Crippen LogP contribution in [-0.4, -0.2) is 17.7 Å². The van der Waals surface area contributed by atoms with E-state index in [0.29, 0.717) is 23.3 Å². The molecule has 1 aromatic carbocycles. The Kier molecular flexibility index (Phi) is 5.20. The van der Waals surface area contributed by atoms with Gasteiger partial charge in [0.2, 0.25) is 0 Å². The Hall–Kier alpha value is -1.79. The number of benzene rings is 1. The summed E-state index contributed by atoms with van der Waals surface area (Å²) in [6.07, 6.45) is 1.28. The van der Waals surface area contributed by atoms with Gasteiger partial charge in [-0.1, -0.05) is 17.7 Å². The van der Waals surface area contributed by atoms with E-state index in [1.54, 1.807) is 19.2 Å². The van der Waals surface area contributed by atoms with Gasteiger partial charge in [-0.3, -0.25) is 5.32 Å². The van der Waals surface area contributed by atoms with Crippen molar-refractivity contribution in [2.75, 3.05) is 17.2 Å². The maximum absolute atomic E-state index is 11.3. The van der Waals surface area contributed by atoms with Crippen LogP contribution in [0.25, 0.3) is 0 Å². The largest absolute Gasteiger partial charge is 0.450 e. The molecule has 1 heterocycles. The molecule has 0 saturated heterocycles. The molecule has 0 spiro atoms. The summed E-state index contributed by atoms with van der Waals surface area (Å²) in [7, 11) is 0. The average molecular weight is 312 g/mol. The van der Waals surface area contributed by atoms with E-state index in [9.17, 15) is 4.79 Å². The fourth-order valence-electron chi connectivity index (χ4n) is 1.55. The molecule has 5 nitrogen and oxygen atoms in total. The fraction of sp³-hybridized carbons (Fsp3) is 0.231. The second-order valence-electron chi connectivity index (χ2n) is 3.86. The highest BCUT2D eigenvalue weighted by molar-refractivity contribution is 7.15. The predicted molar refractivity (Wildman–Crippen MR) is 81.5 cm³/mol. The van der Waals surface area contributed by atoms with Gasteiger partial charge < -0.3 is 10.1 Å². The third-order valence-corrected chi connectivity index (χ3v) is 3.49. The molecule has 0 aliphatic rings. The van der Waals surface area contributed by atoms with Crippen molar-refractivity contribution in [2.45, 2.75) is 13.5 Å². The number of amides is 1. The van der Waals surface area contributed by atoms with Crippen LogP contribution >= 0.6 is 22.9 Å². The van der Waals surface area contributed by atoms with E-state index in [2.05, 4.69) is 15.6 Å². The van der Waals surface area contributed by atoms with Gasteiger partial charge in [-0.05, 0) is 25.1 Å². The lowest BCUT2D eigenvalue weighted by Crippen LogP contribution is -2.13. The number of ether oxygens (including phenoxy) is 1. The van der Waals surface area contributed by atoms with Crippen LogP contribution in [0.15, 0.2) is 30.5 Å². The first-order valence-corrected chi connectivity index (χ1v) is 7.24. The molecule has 0 radical (unpaired) electrons. The first-order valence-electron chi connectivity index (χ1n) is 6.05. The molecule has 2 aromatic rings. The molecule has 1 amide bonds. The van der Waals surface area contributed by atoms with E-state index in [0.717, 1.165) is 10.6 Å². The highest BCUT2D eigenvalue weighted by Gasteiger charge is 2.03. The zero-order valence-electron chi connectivity index (χ0n) is 10.9. The van der Waals surface area contributed by atoms with Gasteiger partial charge in [0.05, 0.1) is 13.2 Å². The number of hydrogen-bond acceptors (Lipinski definition) is 5. The molecule has 0 aliphatic carbocycles. The molecule has 0 fully saturated rings. The van der Waals surface area contributed by atoms with E-state index in [1.807, 2.05) is 18.2 Å². The van der Waals surface area contributed by atoms with Gasteiger partial charge in [0.15, 0.2) is 4.47 Å². The number of rotatable bonds is 5. The number of anilines is 2. The SMILES string of the molecule is CCOC(=O)Nc1cccc(NCc2cnc(Cl)s2)c1. The summed E-state index contributed by atoms with van der Waals surface area (Å²) in [5.41, 5.74) is 1.57. The summed E-state index contributed by atoms with van der Waals surface area (Å²) < 4.78 is 5.35. The third kappa shape index (κ3) is 4.40. The number of carbonyl (C=O) groups excluding carboxylic acids is 1. The minimum Gasteiger partial charge on any atom is -0.450 e. The van der Waals surface area contributed by atoms with Crippen LogP contribution < -0.4 is 10.6 Å². The van der Waals surface area contributed by atoms with Crippen LogP contribution in [0.1, 0.15) is 11.8 Å². The quantitative estimate of drug-likeness (QED) is 0.876. The number of aromatic nitrogens is 1. The Morgan fingerprint density at radius 1 is 1.45 bits per heavy atom. The standard InChI is InChI=1S/C13H14ClN3O2S/c1-2-19-13(18)17-10-5-3-4-9(6-10)15-7-11-8-16-12(14)20-11/h3-6,8,15H,2,7H2,1H3,(H,17,18). The second-order valence-corrected chi connectivity index (χ2v) is 5.56. The minimum absolute atomic E-state index is 0.343. The van der Waals surface area contributed by atoms with Crippen LogP contribution in [0.3, 0.4) is 0 Å². The third-order valence-electron chi connectivity index (χ3n) is 2.38. The van der Waals surface area contributed by atoms with Crippen molar-refractivity contribution in [3.63, 3.8) is 0 Å². The highest BCUT2D eigenvalue weighted by Crippen LogP contribution is 2.20. The first-order chi connectivity index (χ1) is 9.67. The summed E-state index contributed by atoms with van der Waals surface area (Å²) in [6, 6.07) is 7.40. The molecule has 0 unspecified atom stereocenters. The first kappa shape index (κ1) is 14.6. The van der Waals surface area contributed by atoms with Gasteiger partial charge in [0.25, 0.3) is 0 Å². The van der Waals surface area contributed by atoms with Crippen LogP contribution in [0.5, 0.6) is 0 Å². The van der Waals surface area contributed by atoms with E-state index in [4.69, 9.17) is 16.3 Å². The molecule has 20 heavy (non-hydrogen) atoms.